The van der Waals surface area contributed by atoms with Crippen LogP contribution in [0.3, 0.4) is 0 Å². The van der Waals surface area contributed by atoms with Gasteiger partial charge >= 0.3 is 0 Å². The molecule has 2 aromatic carbocycles. The second-order valence-electron chi connectivity index (χ2n) is 5.82. The van der Waals surface area contributed by atoms with E-state index in [0.717, 1.165) is 17.7 Å². The number of hydrogen-bond donors (Lipinski definition) is 2. The standard InChI is InChI=1S/C20H24N2O3/c1-3-16-8-10-17(11-9-16)20(24)22-21-19(23)5-4-14-25-18-12-6-15(2)7-13-18/h6-13H,3-5,14H2,1-2H3,(H,21,23)(H,22,24). The Bertz CT molecular complexity index is 694. The Morgan fingerprint density at radius 3 is 2.28 bits per heavy atom. The first-order chi connectivity index (χ1) is 12.1. The molecule has 0 heterocycles. The van der Waals surface area contributed by atoms with Crippen LogP contribution in [0.5, 0.6) is 5.75 Å². The van der Waals surface area contributed by atoms with Crippen LogP contribution >= 0.6 is 0 Å². The predicted octanol–water partition coefficient (Wildman–Crippen LogP) is 3.18. The van der Waals surface area contributed by atoms with Crippen molar-refractivity contribution in [2.24, 2.45) is 0 Å². The normalized spacial score (nSPS) is 10.2. The highest BCUT2D eigenvalue weighted by molar-refractivity contribution is 5.95. The Balaban J connectivity index is 1.64. The highest BCUT2D eigenvalue weighted by Crippen LogP contribution is 2.11. The number of amides is 2. The zero-order valence-electron chi connectivity index (χ0n) is 14.7. The molecule has 5 nitrogen and oxygen atoms in total. The first-order valence-electron chi connectivity index (χ1n) is 8.46. The Hall–Kier alpha value is -2.82. The summed E-state index contributed by atoms with van der Waals surface area (Å²) in [7, 11) is 0. The molecular formula is C20H24N2O3. The van der Waals surface area contributed by atoms with Crippen molar-refractivity contribution in [3.8, 4) is 5.75 Å². The smallest absolute Gasteiger partial charge is 0.269 e. The van der Waals surface area contributed by atoms with Gasteiger partial charge in [0.1, 0.15) is 5.75 Å². The molecular weight excluding hydrogens is 316 g/mol. The fourth-order valence-corrected chi connectivity index (χ4v) is 2.21. The highest BCUT2D eigenvalue weighted by atomic mass is 16.5. The van der Waals surface area contributed by atoms with Crippen LogP contribution < -0.4 is 15.6 Å². The zero-order valence-corrected chi connectivity index (χ0v) is 14.7. The van der Waals surface area contributed by atoms with Gasteiger partial charge in [0.2, 0.25) is 5.91 Å². The Morgan fingerprint density at radius 1 is 0.960 bits per heavy atom. The average Bonchev–Trinajstić information content (AvgIpc) is 2.64. The summed E-state index contributed by atoms with van der Waals surface area (Å²) < 4.78 is 5.56. The summed E-state index contributed by atoms with van der Waals surface area (Å²) in [5, 5.41) is 0. The summed E-state index contributed by atoms with van der Waals surface area (Å²) in [5.74, 6) is 0.216. The van der Waals surface area contributed by atoms with Gasteiger partial charge in [-0.3, -0.25) is 20.4 Å². The fraction of sp³-hybridized carbons (Fsp3) is 0.300. The van der Waals surface area contributed by atoms with E-state index in [0.29, 0.717) is 18.6 Å². The Labute approximate surface area is 148 Å². The molecule has 5 heteroatoms. The van der Waals surface area contributed by atoms with E-state index >= 15 is 0 Å². The zero-order chi connectivity index (χ0) is 18.1. The molecule has 0 aliphatic heterocycles. The molecule has 0 aliphatic rings. The molecule has 2 rings (SSSR count). The molecule has 2 N–H and O–H groups in total. The monoisotopic (exact) mass is 340 g/mol. The molecule has 0 bridgehead atoms. The quantitative estimate of drug-likeness (QED) is 0.601. The van der Waals surface area contributed by atoms with E-state index in [4.69, 9.17) is 4.74 Å². The summed E-state index contributed by atoms with van der Waals surface area (Å²) >= 11 is 0. The molecule has 0 saturated heterocycles. The van der Waals surface area contributed by atoms with Gasteiger partial charge in [0.05, 0.1) is 6.61 Å². The van der Waals surface area contributed by atoms with Crippen molar-refractivity contribution >= 4 is 11.8 Å². The lowest BCUT2D eigenvalue weighted by atomic mass is 10.1. The van der Waals surface area contributed by atoms with Gasteiger partial charge in [-0.1, -0.05) is 36.8 Å². The first kappa shape index (κ1) is 18.5. The molecule has 0 radical (unpaired) electrons. The largest absolute Gasteiger partial charge is 0.494 e. The number of nitrogens with one attached hydrogen (secondary N) is 2. The summed E-state index contributed by atoms with van der Waals surface area (Å²) in [6.45, 7) is 4.52. The first-order valence-corrected chi connectivity index (χ1v) is 8.46. The van der Waals surface area contributed by atoms with E-state index in [2.05, 4.69) is 17.8 Å². The van der Waals surface area contributed by atoms with E-state index in [1.807, 2.05) is 43.3 Å². The third-order valence-electron chi connectivity index (χ3n) is 3.78. The van der Waals surface area contributed by atoms with Crippen molar-refractivity contribution in [3.05, 3.63) is 65.2 Å². The molecule has 0 fully saturated rings. The SMILES string of the molecule is CCc1ccc(C(=O)NNC(=O)CCCOc2ccc(C)cc2)cc1. The van der Waals surface area contributed by atoms with E-state index in [9.17, 15) is 9.59 Å². The van der Waals surface area contributed by atoms with Crippen LogP contribution in [0.4, 0.5) is 0 Å². The van der Waals surface area contributed by atoms with Crippen molar-refractivity contribution < 1.29 is 14.3 Å². The minimum absolute atomic E-state index is 0.244. The van der Waals surface area contributed by atoms with Crippen LogP contribution in [0.1, 0.15) is 41.3 Å². The lowest BCUT2D eigenvalue weighted by Gasteiger charge is -2.09. The number of carbonyl (C=O) groups is 2. The van der Waals surface area contributed by atoms with Crippen LogP contribution in [-0.4, -0.2) is 18.4 Å². The van der Waals surface area contributed by atoms with E-state index in [1.165, 1.54) is 5.56 Å². The number of aryl methyl sites for hydroxylation is 2. The third kappa shape index (κ3) is 6.30. The molecule has 2 aromatic rings. The van der Waals surface area contributed by atoms with E-state index in [1.54, 1.807) is 12.1 Å². The van der Waals surface area contributed by atoms with Crippen molar-refractivity contribution in [3.63, 3.8) is 0 Å². The lowest BCUT2D eigenvalue weighted by Crippen LogP contribution is -2.41. The third-order valence-corrected chi connectivity index (χ3v) is 3.78. The van der Waals surface area contributed by atoms with Gasteiger partial charge in [0.25, 0.3) is 5.91 Å². The molecule has 0 spiro atoms. The van der Waals surface area contributed by atoms with E-state index < -0.39 is 0 Å². The molecule has 0 saturated carbocycles. The second kappa shape index (κ2) is 9.47. The van der Waals surface area contributed by atoms with Crippen molar-refractivity contribution in [1.29, 1.82) is 0 Å². The van der Waals surface area contributed by atoms with Crippen molar-refractivity contribution in [2.75, 3.05) is 6.61 Å². The van der Waals surface area contributed by atoms with Gasteiger partial charge in [0.15, 0.2) is 0 Å². The maximum absolute atomic E-state index is 11.9. The summed E-state index contributed by atoms with van der Waals surface area (Å²) in [6.07, 6.45) is 1.77. The van der Waals surface area contributed by atoms with Gasteiger partial charge in [-0.05, 0) is 49.6 Å². The molecule has 2 amide bonds. The lowest BCUT2D eigenvalue weighted by molar-refractivity contribution is -0.122. The number of carbonyl (C=O) groups excluding carboxylic acids is 2. The summed E-state index contributed by atoms with van der Waals surface area (Å²) in [6, 6.07) is 15.1. The molecule has 132 valence electrons. The summed E-state index contributed by atoms with van der Waals surface area (Å²) in [5.41, 5.74) is 7.69. The second-order valence-corrected chi connectivity index (χ2v) is 5.82. The average molecular weight is 340 g/mol. The minimum atomic E-state index is -0.327. The molecule has 0 aromatic heterocycles. The molecule has 25 heavy (non-hydrogen) atoms. The fourth-order valence-electron chi connectivity index (χ4n) is 2.21. The molecule has 0 unspecified atom stereocenters. The number of hydrazine groups is 1. The number of benzene rings is 2. The minimum Gasteiger partial charge on any atom is -0.494 e. The number of hydrogen-bond acceptors (Lipinski definition) is 3. The van der Waals surface area contributed by atoms with Crippen molar-refractivity contribution in [2.45, 2.75) is 33.1 Å². The topological polar surface area (TPSA) is 67.4 Å². The van der Waals surface area contributed by atoms with Crippen LogP contribution in [-0.2, 0) is 11.2 Å². The van der Waals surface area contributed by atoms with Crippen LogP contribution in [0, 0.1) is 6.92 Å². The maximum Gasteiger partial charge on any atom is 0.269 e. The van der Waals surface area contributed by atoms with Gasteiger partial charge in [-0.25, -0.2) is 0 Å². The van der Waals surface area contributed by atoms with Crippen LogP contribution in [0.2, 0.25) is 0 Å². The number of rotatable bonds is 7. The van der Waals surface area contributed by atoms with Gasteiger partial charge < -0.3 is 4.74 Å². The predicted molar refractivity (Wildman–Crippen MR) is 97.3 cm³/mol. The van der Waals surface area contributed by atoms with Crippen LogP contribution in [0.15, 0.2) is 48.5 Å². The molecule has 0 aliphatic carbocycles. The molecule has 0 atom stereocenters. The highest BCUT2D eigenvalue weighted by Gasteiger charge is 2.07. The van der Waals surface area contributed by atoms with Gasteiger partial charge in [-0.15, -0.1) is 0 Å². The van der Waals surface area contributed by atoms with Gasteiger partial charge in [0, 0.05) is 12.0 Å². The van der Waals surface area contributed by atoms with E-state index in [-0.39, 0.29) is 18.2 Å². The maximum atomic E-state index is 11.9. The Kier molecular flexibility index (Phi) is 7.01. The Morgan fingerprint density at radius 2 is 1.64 bits per heavy atom. The number of ether oxygens (including phenoxy) is 1. The van der Waals surface area contributed by atoms with Gasteiger partial charge in [-0.2, -0.15) is 0 Å². The van der Waals surface area contributed by atoms with Crippen LogP contribution in [0.25, 0.3) is 0 Å². The van der Waals surface area contributed by atoms with Crippen molar-refractivity contribution in [1.82, 2.24) is 10.9 Å². The summed E-state index contributed by atoms with van der Waals surface area (Å²) in [4.78, 5) is 23.7.